The molecule has 1 unspecified atom stereocenters. The van der Waals surface area contributed by atoms with Gasteiger partial charge in [-0.15, -0.1) is 0 Å². The number of rotatable bonds is 5. The molecule has 0 aromatic heterocycles. The summed E-state index contributed by atoms with van der Waals surface area (Å²) in [5.74, 6) is 1.66. The maximum absolute atomic E-state index is 13.0. The SMILES string of the molecule is O=C1c2ccc(C3CCN(Cc4ccc(C5CCCC5)cc4)CC3)cc2CN1C1CCCNC1. The summed E-state index contributed by atoms with van der Waals surface area (Å²) in [6, 6.07) is 16.6. The minimum Gasteiger partial charge on any atom is -0.330 e. The van der Waals surface area contributed by atoms with Crippen molar-refractivity contribution in [2.75, 3.05) is 26.2 Å². The molecular weight excluding hydrogens is 418 g/mol. The molecule has 1 amide bonds. The van der Waals surface area contributed by atoms with Gasteiger partial charge < -0.3 is 10.2 Å². The predicted molar refractivity (Wildman–Crippen MR) is 137 cm³/mol. The van der Waals surface area contributed by atoms with Crippen molar-refractivity contribution < 1.29 is 4.79 Å². The lowest BCUT2D eigenvalue weighted by Gasteiger charge is -2.32. The Morgan fingerprint density at radius 1 is 0.824 bits per heavy atom. The van der Waals surface area contributed by atoms with E-state index in [4.69, 9.17) is 0 Å². The number of carbonyl (C=O) groups is 1. The van der Waals surface area contributed by atoms with Crippen molar-refractivity contribution in [1.82, 2.24) is 15.1 Å². The second-order valence-corrected chi connectivity index (χ2v) is 11.1. The maximum Gasteiger partial charge on any atom is 0.254 e. The molecule has 0 radical (unpaired) electrons. The number of benzene rings is 2. The third-order valence-electron chi connectivity index (χ3n) is 8.94. The van der Waals surface area contributed by atoms with E-state index in [9.17, 15) is 4.79 Å². The second-order valence-electron chi connectivity index (χ2n) is 11.1. The molecule has 1 saturated carbocycles. The molecule has 0 bridgehead atoms. The van der Waals surface area contributed by atoms with E-state index < -0.39 is 0 Å². The fourth-order valence-electron chi connectivity index (χ4n) is 6.85. The zero-order chi connectivity index (χ0) is 22.9. The molecule has 2 saturated heterocycles. The van der Waals surface area contributed by atoms with Crippen molar-refractivity contribution >= 4 is 5.91 Å². The van der Waals surface area contributed by atoms with Crippen LogP contribution >= 0.6 is 0 Å². The molecule has 4 aliphatic rings. The molecule has 180 valence electrons. The van der Waals surface area contributed by atoms with E-state index in [0.29, 0.717) is 12.0 Å². The van der Waals surface area contributed by atoms with Crippen LogP contribution in [0.1, 0.15) is 95.8 Å². The fraction of sp³-hybridized carbons (Fsp3) is 0.567. The number of likely N-dealkylation sites (tertiary alicyclic amines) is 1. The van der Waals surface area contributed by atoms with E-state index in [2.05, 4.69) is 57.6 Å². The Morgan fingerprint density at radius 3 is 2.29 bits per heavy atom. The Morgan fingerprint density at radius 2 is 1.56 bits per heavy atom. The van der Waals surface area contributed by atoms with Crippen LogP contribution in [0.2, 0.25) is 0 Å². The summed E-state index contributed by atoms with van der Waals surface area (Å²) in [5, 5.41) is 3.46. The standard InChI is InChI=1S/C30H39N3O/c34-30-29-12-11-26(18-27(29)21-33(30)28-6-3-15-31-19-28)25-13-16-32(17-14-25)20-22-7-9-24(10-8-22)23-4-1-2-5-23/h7-12,18,23,25,28,31H,1-6,13-17,19-21H2. The van der Waals surface area contributed by atoms with Gasteiger partial charge in [0.05, 0.1) is 0 Å². The van der Waals surface area contributed by atoms with Gasteiger partial charge in [-0.2, -0.15) is 0 Å². The van der Waals surface area contributed by atoms with Crippen molar-refractivity contribution in [3.8, 4) is 0 Å². The lowest BCUT2D eigenvalue weighted by atomic mass is 9.87. The molecule has 3 aliphatic heterocycles. The Kier molecular flexibility index (Phi) is 6.45. The van der Waals surface area contributed by atoms with Gasteiger partial charge in [-0.3, -0.25) is 9.69 Å². The van der Waals surface area contributed by atoms with E-state index in [0.717, 1.165) is 57.2 Å². The molecule has 3 heterocycles. The van der Waals surface area contributed by atoms with E-state index in [1.807, 2.05) is 0 Å². The molecule has 1 aliphatic carbocycles. The van der Waals surface area contributed by atoms with E-state index in [1.54, 1.807) is 5.56 Å². The van der Waals surface area contributed by atoms with Crippen LogP contribution in [0.3, 0.4) is 0 Å². The third-order valence-corrected chi connectivity index (χ3v) is 8.94. The van der Waals surface area contributed by atoms with Gasteiger partial charge in [0.1, 0.15) is 0 Å². The highest BCUT2D eigenvalue weighted by Crippen LogP contribution is 2.35. The van der Waals surface area contributed by atoms with Crippen LogP contribution in [0.15, 0.2) is 42.5 Å². The number of nitrogens with zero attached hydrogens (tertiary/aromatic N) is 2. The van der Waals surface area contributed by atoms with Gasteiger partial charge >= 0.3 is 0 Å². The summed E-state index contributed by atoms with van der Waals surface area (Å²) in [6.07, 6.45) is 10.3. The smallest absolute Gasteiger partial charge is 0.254 e. The number of carbonyl (C=O) groups excluding carboxylic acids is 1. The normalized spacial score (nSPS) is 24.6. The molecular formula is C30H39N3O. The molecule has 3 fully saturated rings. The minimum atomic E-state index is 0.240. The summed E-state index contributed by atoms with van der Waals surface area (Å²) >= 11 is 0. The quantitative estimate of drug-likeness (QED) is 0.650. The molecule has 4 nitrogen and oxygen atoms in total. The van der Waals surface area contributed by atoms with Crippen LogP contribution in [0.4, 0.5) is 0 Å². The van der Waals surface area contributed by atoms with Gasteiger partial charge in [-0.25, -0.2) is 0 Å². The Hall–Kier alpha value is -2.17. The monoisotopic (exact) mass is 457 g/mol. The highest BCUT2D eigenvalue weighted by Gasteiger charge is 2.34. The molecule has 0 spiro atoms. The number of hydrogen-bond acceptors (Lipinski definition) is 3. The van der Waals surface area contributed by atoms with Gasteiger partial charge in [-0.05, 0) is 98.3 Å². The summed E-state index contributed by atoms with van der Waals surface area (Å²) in [5.41, 5.74) is 6.63. The first kappa shape index (κ1) is 22.3. The van der Waals surface area contributed by atoms with Crippen LogP contribution in [0.25, 0.3) is 0 Å². The molecule has 4 heteroatoms. The van der Waals surface area contributed by atoms with Gasteiger partial charge in [0.15, 0.2) is 0 Å². The Labute approximate surface area is 204 Å². The molecule has 1 atom stereocenters. The summed E-state index contributed by atoms with van der Waals surface area (Å²) < 4.78 is 0. The molecule has 1 N–H and O–H groups in total. The number of fused-ring (bicyclic) bond motifs is 1. The molecule has 6 rings (SSSR count). The van der Waals surface area contributed by atoms with Gasteiger partial charge in [0.2, 0.25) is 0 Å². The third kappa shape index (κ3) is 4.55. The maximum atomic E-state index is 13.0. The first-order valence-corrected chi connectivity index (χ1v) is 13.7. The van der Waals surface area contributed by atoms with Gasteiger partial charge in [0.25, 0.3) is 5.91 Å². The van der Waals surface area contributed by atoms with Crippen LogP contribution in [-0.2, 0) is 13.1 Å². The predicted octanol–water partition coefficient (Wildman–Crippen LogP) is 5.43. The van der Waals surface area contributed by atoms with Crippen molar-refractivity contribution in [3.63, 3.8) is 0 Å². The first-order valence-electron chi connectivity index (χ1n) is 13.7. The van der Waals surface area contributed by atoms with Crippen LogP contribution in [-0.4, -0.2) is 47.9 Å². The van der Waals surface area contributed by atoms with Crippen molar-refractivity contribution in [1.29, 1.82) is 0 Å². The van der Waals surface area contributed by atoms with Crippen LogP contribution < -0.4 is 5.32 Å². The largest absolute Gasteiger partial charge is 0.330 e. The molecule has 34 heavy (non-hydrogen) atoms. The molecule has 2 aromatic rings. The summed E-state index contributed by atoms with van der Waals surface area (Å²) in [7, 11) is 0. The number of hydrogen-bond donors (Lipinski definition) is 1. The van der Waals surface area contributed by atoms with Gasteiger partial charge in [-0.1, -0.05) is 49.2 Å². The Bertz CT molecular complexity index is 996. The lowest BCUT2D eigenvalue weighted by Crippen LogP contribution is -2.46. The minimum absolute atomic E-state index is 0.240. The molecule has 2 aromatic carbocycles. The zero-order valence-corrected chi connectivity index (χ0v) is 20.5. The average Bonchev–Trinajstić information content (AvgIpc) is 3.54. The number of nitrogens with one attached hydrogen (secondary N) is 1. The summed E-state index contributed by atoms with van der Waals surface area (Å²) in [6.45, 7) is 6.20. The fourth-order valence-corrected chi connectivity index (χ4v) is 6.85. The highest BCUT2D eigenvalue weighted by atomic mass is 16.2. The zero-order valence-electron chi connectivity index (χ0n) is 20.5. The second kappa shape index (κ2) is 9.83. The Balaban J connectivity index is 1.04. The first-order chi connectivity index (χ1) is 16.7. The average molecular weight is 458 g/mol. The highest BCUT2D eigenvalue weighted by molar-refractivity contribution is 5.98. The van der Waals surface area contributed by atoms with E-state index in [1.165, 1.54) is 61.6 Å². The van der Waals surface area contributed by atoms with E-state index >= 15 is 0 Å². The van der Waals surface area contributed by atoms with Crippen molar-refractivity contribution in [2.24, 2.45) is 0 Å². The van der Waals surface area contributed by atoms with Crippen LogP contribution in [0, 0.1) is 0 Å². The van der Waals surface area contributed by atoms with E-state index in [-0.39, 0.29) is 5.91 Å². The summed E-state index contributed by atoms with van der Waals surface area (Å²) in [4.78, 5) is 17.7. The van der Waals surface area contributed by atoms with Crippen LogP contribution in [0.5, 0.6) is 0 Å². The van der Waals surface area contributed by atoms with Crippen molar-refractivity contribution in [2.45, 2.75) is 82.3 Å². The number of piperidine rings is 2. The lowest BCUT2D eigenvalue weighted by molar-refractivity contribution is 0.0674. The van der Waals surface area contributed by atoms with Crippen molar-refractivity contribution in [3.05, 3.63) is 70.3 Å². The van der Waals surface area contributed by atoms with Gasteiger partial charge in [0, 0.05) is 31.2 Å². The topological polar surface area (TPSA) is 35.6 Å². The number of amides is 1.